The van der Waals surface area contributed by atoms with Crippen LogP contribution in [0.4, 0.5) is 0 Å². The highest BCUT2D eigenvalue weighted by atomic mass is 14.9. The van der Waals surface area contributed by atoms with Crippen molar-refractivity contribution in [2.75, 3.05) is 0 Å². The van der Waals surface area contributed by atoms with E-state index < -0.39 is 0 Å². The van der Waals surface area contributed by atoms with E-state index in [-0.39, 0.29) is 0 Å². The van der Waals surface area contributed by atoms with E-state index >= 15 is 0 Å². The van der Waals surface area contributed by atoms with Gasteiger partial charge in [0.1, 0.15) is 0 Å². The molecule has 2 heterocycles. The minimum atomic E-state index is 0.597. The molecular formula is C11H13N3. The molecule has 3 heteroatoms. The fourth-order valence-corrected chi connectivity index (χ4v) is 1.41. The molecule has 0 fully saturated rings. The number of aromatic nitrogens is 2. The third kappa shape index (κ3) is 2.00. The van der Waals surface area contributed by atoms with E-state index in [9.17, 15) is 0 Å². The van der Waals surface area contributed by atoms with Gasteiger partial charge in [-0.1, -0.05) is 6.07 Å². The molecule has 2 aromatic heterocycles. The van der Waals surface area contributed by atoms with Crippen LogP contribution in [0.5, 0.6) is 0 Å². The Labute approximate surface area is 83.2 Å². The Hall–Kier alpha value is -1.61. The SMILES string of the molecule is NCc1ccn(Cc2cccnc2)c1. The third-order valence-corrected chi connectivity index (χ3v) is 2.14. The van der Waals surface area contributed by atoms with E-state index in [0.717, 1.165) is 12.1 Å². The lowest BCUT2D eigenvalue weighted by Crippen LogP contribution is -1.98. The maximum atomic E-state index is 5.53. The first-order chi connectivity index (χ1) is 6.88. The second kappa shape index (κ2) is 4.07. The number of nitrogens with zero attached hydrogens (tertiary/aromatic N) is 2. The van der Waals surface area contributed by atoms with Gasteiger partial charge in [-0.3, -0.25) is 4.98 Å². The van der Waals surface area contributed by atoms with Gasteiger partial charge in [0.05, 0.1) is 0 Å². The predicted molar refractivity (Wildman–Crippen MR) is 55.7 cm³/mol. The van der Waals surface area contributed by atoms with Gasteiger partial charge < -0.3 is 10.3 Å². The summed E-state index contributed by atoms with van der Waals surface area (Å²) in [5, 5.41) is 0. The first-order valence-electron chi connectivity index (χ1n) is 4.62. The summed E-state index contributed by atoms with van der Waals surface area (Å²) in [6.45, 7) is 1.45. The first-order valence-corrected chi connectivity index (χ1v) is 4.62. The Balaban J connectivity index is 2.11. The van der Waals surface area contributed by atoms with Crippen molar-refractivity contribution in [3.8, 4) is 0 Å². The summed E-state index contributed by atoms with van der Waals surface area (Å²) in [6.07, 6.45) is 7.76. The van der Waals surface area contributed by atoms with E-state index in [1.165, 1.54) is 5.56 Å². The number of rotatable bonds is 3. The van der Waals surface area contributed by atoms with Crippen molar-refractivity contribution in [3.05, 3.63) is 54.1 Å². The summed E-state index contributed by atoms with van der Waals surface area (Å²) in [5.41, 5.74) is 7.89. The molecule has 0 aliphatic carbocycles. The van der Waals surface area contributed by atoms with Gasteiger partial charge in [-0.15, -0.1) is 0 Å². The van der Waals surface area contributed by atoms with Gasteiger partial charge in [-0.05, 0) is 23.3 Å². The summed E-state index contributed by atoms with van der Waals surface area (Å²) >= 11 is 0. The van der Waals surface area contributed by atoms with E-state index in [0.29, 0.717) is 6.54 Å². The van der Waals surface area contributed by atoms with E-state index in [4.69, 9.17) is 5.73 Å². The summed E-state index contributed by atoms with van der Waals surface area (Å²) < 4.78 is 2.11. The Morgan fingerprint density at radius 1 is 1.29 bits per heavy atom. The lowest BCUT2D eigenvalue weighted by atomic mass is 10.3. The van der Waals surface area contributed by atoms with Crippen molar-refractivity contribution >= 4 is 0 Å². The van der Waals surface area contributed by atoms with Crippen molar-refractivity contribution < 1.29 is 0 Å². The van der Waals surface area contributed by atoms with Crippen molar-refractivity contribution in [1.82, 2.24) is 9.55 Å². The van der Waals surface area contributed by atoms with Crippen LogP contribution < -0.4 is 5.73 Å². The minimum absolute atomic E-state index is 0.597. The van der Waals surface area contributed by atoms with Crippen LogP contribution in [0.15, 0.2) is 43.0 Å². The van der Waals surface area contributed by atoms with Crippen LogP contribution in [0.3, 0.4) is 0 Å². The summed E-state index contributed by atoms with van der Waals surface area (Å²) in [6, 6.07) is 6.05. The number of nitrogens with two attached hydrogens (primary N) is 1. The van der Waals surface area contributed by atoms with Crippen LogP contribution >= 0.6 is 0 Å². The zero-order valence-corrected chi connectivity index (χ0v) is 7.93. The molecule has 0 saturated carbocycles. The molecule has 0 atom stereocenters. The van der Waals surface area contributed by atoms with Crippen molar-refractivity contribution in [3.63, 3.8) is 0 Å². The van der Waals surface area contributed by atoms with Crippen LogP contribution in [0.2, 0.25) is 0 Å². The van der Waals surface area contributed by atoms with Crippen LogP contribution in [0.1, 0.15) is 11.1 Å². The summed E-state index contributed by atoms with van der Waals surface area (Å²) in [5.74, 6) is 0. The molecular weight excluding hydrogens is 174 g/mol. The molecule has 2 rings (SSSR count). The van der Waals surface area contributed by atoms with Crippen LogP contribution in [-0.2, 0) is 13.1 Å². The highest BCUT2D eigenvalue weighted by Crippen LogP contribution is 2.04. The number of hydrogen-bond acceptors (Lipinski definition) is 2. The molecule has 14 heavy (non-hydrogen) atoms. The average molecular weight is 187 g/mol. The van der Waals surface area contributed by atoms with E-state index in [2.05, 4.69) is 21.8 Å². The standard InChI is InChI=1S/C11H13N3/c12-6-10-3-5-14(8-10)9-11-2-1-4-13-7-11/h1-5,7-8H,6,9,12H2. The molecule has 0 radical (unpaired) electrons. The van der Waals surface area contributed by atoms with Crippen LogP contribution in [-0.4, -0.2) is 9.55 Å². The second-order valence-electron chi connectivity index (χ2n) is 3.26. The fraction of sp³-hybridized carbons (Fsp3) is 0.182. The highest BCUT2D eigenvalue weighted by molar-refractivity contribution is 5.14. The quantitative estimate of drug-likeness (QED) is 0.789. The van der Waals surface area contributed by atoms with Gasteiger partial charge in [0.2, 0.25) is 0 Å². The minimum Gasteiger partial charge on any atom is -0.350 e. The zero-order chi connectivity index (χ0) is 9.80. The molecule has 0 aliphatic rings. The lowest BCUT2D eigenvalue weighted by Gasteiger charge is -2.01. The molecule has 0 saturated heterocycles. The maximum absolute atomic E-state index is 5.53. The number of hydrogen-bond donors (Lipinski definition) is 1. The van der Waals surface area contributed by atoms with Gasteiger partial charge in [0.25, 0.3) is 0 Å². The molecule has 0 unspecified atom stereocenters. The molecule has 0 aliphatic heterocycles. The second-order valence-corrected chi connectivity index (χ2v) is 3.26. The zero-order valence-electron chi connectivity index (χ0n) is 7.93. The summed E-state index contributed by atoms with van der Waals surface area (Å²) in [7, 11) is 0. The maximum Gasteiger partial charge on any atom is 0.0485 e. The Bertz CT molecular complexity index is 392. The van der Waals surface area contributed by atoms with E-state index in [1.807, 2.05) is 24.5 Å². The fourth-order valence-electron chi connectivity index (χ4n) is 1.41. The Morgan fingerprint density at radius 3 is 2.86 bits per heavy atom. The number of pyridine rings is 1. The van der Waals surface area contributed by atoms with Crippen molar-refractivity contribution in [2.45, 2.75) is 13.1 Å². The van der Waals surface area contributed by atoms with Gasteiger partial charge in [0, 0.05) is 37.9 Å². The topological polar surface area (TPSA) is 43.8 Å². The molecule has 2 aromatic rings. The Morgan fingerprint density at radius 2 is 2.21 bits per heavy atom. The normalized spacial score (nSPS) is 10.4. The van der Waals surface area contributed by atoms with Gasteiger partial charge in [-0.2, -0.15) is 0 Å². The predicted octanol–water partition coefficient (Wildman–Crippen LogP) is 1.39. The van der Waals surface area contributed by atoms with Gasteiger partial charge in [-0.25, -0.2) is 0 Å². The average Bonchev–Trinajstić information content (AvgIpc) is 2.67. The van der Waals surface area contributed by atoms with Crippen molar-refractivity contribution in [2.24, 2.45) is 5.73 Å². The van der Waals surface area contributed by atoms with Crippen LogP contribution in [0, 0.1) is 0 Å². The summed E-state index contributed by atoms with van der Waals surface area (Å²) in [4.78, 5) is 4.07. The first kappa shape index (κ1) is 8.97. The monoisotopic (exact) mass is 187 g/mol. The molecule has 0 amide bonds. The smallest absolute Gasteiger partial charge is 0.0485 e. The van der Waals surface area contributed by atoms with E-state index in [1.54, 1.807) is 6.20 Å². The molecule has 0 aromatic carbocycles. The van der Waals surface area contributed by atoms with Gasteiger partial charge >= 0.3 is 0 Å². The molecule has 2 N–H and O–H groups in total. The molecule has 0 spiro atoms. The Kier molecular flexibility index (Phi) is 2.60. The van der Waals surface area contributed by atoms with Crippen molar-refractivity contribution in [1.29, 1.82) is 0 Å². The van der Waals surface area contributed by atoms with Crippen LogP contribution in [0.25, 0.3) is 0 Å². The lowest BCUT2D eigenvalue weighted by molar-refractivity contribution is 0.797. The molecule has 0 bridgehead atoms. The van der Waals surface area contributed by atoms with Gasteiger partial charge in [0.15, 0.2) is 0 Å². The largest absolute Gasteiger partial charge is 0.350 e. The molecule has 72 valence electrons. The molecule has 3 nitrogen and oxygen atoms in total. The highest BCUT2D eigenvalue weighted by Gasteiger charge is 1.96. The third-order valence-electron chi connectivity index (χ3n) is 2.14.